The Morgan fingerprint density at radius 3 is 2.74 bits per heavy atom. The van der Waals surface area contributed by atoms with Crippen molar-refractivity contribution < 1.29 is 14.4 Å². The third-order valence-corrected chi connectivity index (χ3v) is 7.32. The molecule has 8 heteroatoms. The molecule has 0 saturated heterocycles. The monoisotopic (exact) mass is 540 g/mol. The molecule has 1 aliphatic heterocycles. The van der Waals surface area contributed by atoms with Gasteiger partial charge in [0.2, 0.25) is 0 Å². The molecule has 0 radical (unpaired) electrons. The molecule has 2 aliphatic rings. The van der Waals surface area contributed by atoms with E-state index in [0.717, 1.165) is 27.6 Å². The first-order valence-corrected chi connectivity index (χ1v) is 12.1. The second kappa shape index (κ2) is 9.31. The third kappa shape index (κ3) is 4.14. The zero-order valence-corrected chi connectivity index (χ0v) is 20.7. The number of nitrogens with zero attached hydrogens (tertiary/aromatic N) is 1. The maximum atomic E-state index is 11.7. The molecule has 0 spiro atoms. The molecule has 0 unspecified atom stereocenters. The highest BCUT2D eigenvalue weighted by Gasteiger charge is 2.40. The van der Waals surface area contributed by atoms with Crippen LogP contribution in [-0.2, 0) is 6.61 Å². The Balaban J connectivity index is 1.48. The largest absolute Gasteiger partial charge is 0.493 e. The van der Waals surface area contributed by atoms with E-state index in [-0.39, 0.29) is 28.5 Å². The van der Waals surface area contributed by atoms with Crippen LogP contribution in [0.25, 0.3) is 0 Å². The average Bonchev–Trinajstić information content (AvgIpc) is 3.33. The number of nitro groups is 1. The van der Waals surface area contributed by atoms with Crippen LogP contribution < -0.4 is 14.8 Å². The molecule has 1 N–H and O–H groups in total. The lowest BCUT2D eigenvalue weighted by atomic mass is 9.76. The zero-order chi connectivity index (χ0) is 23.8. The van der Waals surface area contributed by atoms with E-state index in [1.807, 2.05) is 42.5 Å². The molecular formula is C26H22BrClN2O4. The Labute approximate surface area is 210 Å². The fourth-order valence-corrected chi connectivity index (χ4v) is 5.58. The summed E-state index contributed by atoms with van der Waals surface area (Å²) in [7, 11) is 1.61. The van der Waals surface area contributed by atoms with E-state index < -0.39 is 0 Å². The third-order valence-electron chi connectivity index (χ3n) is 6.48. The minimum atomic E-state index is -0.327. The topological polar surface area (TPSA) is 73.6 Å². The van der Waals surface area contributed by atoms with Gasteiger partial charge in [-0.15, -0.1) is 0 Å². The molecule has 0 saturated carbocycles. The summed E-state index contributed by atoms with van der Waals surface area (Å²) in [5.41, 5.74) is 3.61. The first-order valence-electron chi connectivity index (χ1n) is 10.9. The Kier molecular flexibility index (Phi) is 6.23. The maximum Gasteiger partial charge on any atom is 0.292 e. The number of para-hydroxylation sites is 1. The van der Waals surface area contributed by atoms with Gasteiger partial charge >= 0.3 is 0 Å². The van der Waals surface area contributed by atoms with Crippen LogP contribution >= 0.6 is 27.5 Å². The molecule has 1 heterocycles. The SMILES string of the molecule is COc1cc([C@@H]2Nc3c(cccc3[N+](=O)[O-])[C@@H]3C=CC[C@H]32)cc(Br)c1OCc1ccc(Cl)cc1. The van der Waals surface area contributed by atoms with Crippen molar-refractivity contribution in [2.24, 2.45) is 5.92 Å². The molecule has 34 heavy (non-hydrogen) atoms. The van der Waals surface area contributed by atoms with Gasteiger partial charge in [-0.3, -0.25) is 10.1 Å². The molecule has 0 fully saturated rings. The number of nitro benzene ring substituents is 1. The Hall–Kier alpha value is -3.03. The van der Waals surface area contributed by atoms with Crippen LogP contribution in [0.1, 0.15) is 35.1 Å². The van der Waals surface area contributed by atoms with E-state index in [9.17, 15) is 10.1 Å². The van der Waals surface area contributed by atoms with Crippen LogP contribution in [0.4, 0.5) is 11.4 Å². The molecule has 0 bridgehead atoms. The molecule has 174 valence electrons. The molecular weight excluding hydrogens is 520 g/mol. The van der Waals surface area contributed by atoms with Crippen LogP contribution in [0.15, 0.2) is 71.2 Å². The fraction of sp³-hybridized carbons (Fsp3) is 0.231. The summed E-state index contributed by atoms with van der Waals surface area (Å²) in [6, 6.07) is 16.6. The van der Waals surface area contributed by atoms with Crippen molar-refractivity contribution in [2.45, 2.75) is 25.0 Å². The van der Waals surface area contributed by atoms with Crippen LogP contribution in [0, 0.1) is 16.0 Å². The smallest absolute Gasteiger partial charge is 0.292 e. The molecule has 6 nitrogen and oxygen atoms in total. The molecule has 5 rings (SSSR count). The highest BCUT2D eigenvalue weighted by Crippen LogP contribution is 2.53. The standard InChI is InChI=1S/C26H22BrClN2O4/c1-33-23-13-16(12-21(27)26(23)34-14-15-8-10-17(28)11-9-15)24-19-5-2-4-18(19)20-6-3-7-22(30(31)32)25(20)29-24/h2-4,6-13,18-19,24,29H,5,14H2,1H3/t18-,19-,24+/m1/s1. The predicted molar refractivity (Wildman–Crippen MR) is 136 cm³/mol. The van der Waals surface area contributed by atoms with Gasteiger partial charge in [0.1, 0.15) is 12.3 Å². The number of methoxy groups -OCH3 is 1. The molecule has 3 atom stereocenters. The van der Waals surface area contributed by atoms with Gasteiger partial charge in [-0.1, -0.05) is 48.0 Å². The summed E-state index contributed by atoms with van der Waals surface area (Å²) >= 11 is 9.63. The quantitative estimate of drug-likeness (QED) is 0.200. The number of halogens is 2. The van der Waals surface area contributed by atoms with Gasteiger partial charge in [0.05, 0.1) is 22.5 Å². The summed E-state index contributed by atoms with van der Waals surface area (Å²) in [5.74, 6) is 1.55. The van der Waals surface area contributed by atoms with Crippen LogP contribution in [-0.4, -0.2) is 12.0 Å². The predicted octanol–water partition coefficient (Wildman–Crippen LogP) is 7.42. The van der Waals surface area contributed by atoms with Gasteiger partial charge in [-0.25, -0.2) is 0 Å². The Bertz CT molecular complexity index is 1280. The van der Waals surface area contributed by atoms with E-state index in [4.69, 9.17) is 21.1 Å². The molecule has 1 aliphatic carbocycles. The molecule has 3 aromatic rings. The summed E-state index contributed by atoms with van der Waals surface area (Å²) in [6.07, 6.45) is 5.21. The van der Waals surface area contributed by atoms with E-state index in [0.29, 0.717) is 28.8 Å². The van der Waals surface area contributed by atoms with Crippen LogP contribution in [0.2, 0.25) is 5.02 Å². The summed E-state index contributed by atoms with van der Waals surface area (Å²) in [6.45, 7) is 0.362. The number of hydrogen-bond acceptors (Lipinski definition) is 5. The Morgan fingerprint density at radius 1 is 1.21 bits per heavy atom. The second-order valence-electron chi connectivity index (χ2n) is 8.42. The minimum Gasteiger partial charge on any atom is -0.493 e. The normalized spacial score (nSPS) is 20.3. The van der Waals surface area contributed by atoms with Gasteiger partial charge < -0.3 is 14.8 Å². The van der Waals surface area contributed by atoms with Crippen LogP contribution in [0.5, 0.6) is 11.5 Å². The minimum absolute atomic E-state index is 0.0928. The molecule has 0 amide bonds. The fourth-order valence-electron chi connectivity index (χ4n) is 4.88. The van der Waals surface area contributed by atoms with Gasteiger partial charge in [0.15, 0.2) is 11.5 Å². The van der Waals surface area contributed by atoms with E-state index in [1.165, 1.54) is 0 Å². The van der Waals surface area contributed by atoms with Gasteiger partial charge in [0.25, 0.3) is 5.69 Å². The van der Waals surface area contributed by atoms with Gasteiger partial charge in [-0.05, 0) is 69.2 Å². The van der Waals surface area contributed by atoms with E-state index >= 15 is 0 Å². The number of ether oxygens (including phenoxy) is 2. The van der Waals surface area contributed by atoms with Crippen molar-refractivity contribution in [3.63, 3.8) is 0 Å². The number of rotatable bonds is 6. The second-order valence-corrected chi connectivity index (χ2v) is 9.71. The van der Waals surface area contributed by atoms with Gasteiger partial charge in [-0.2, -0.15) is 0 Å². The van der Waals surface area contributed by atoms with E-state index in [1.54, 1.807) is 19.2 Å². The number of fused-ring (bicyclic) bond motifs is 3. The molecule has 3 aromatic carbocycles. The first-order chi connectivity index (χ1) is 16.5. The lowest BCUT2D eigenvalue weighted by Crippen LogP contribution is -2.29. The highest BCUT2D eigenvalue weighted by atomic mass is 79.9. The van der Waals surface area contributed by atoms with Crippen molar-refractivity contribution in [1.29, 1.82) is 0 Å². The highest BCUT2D eigenvalue weighted by molar-refractivity contribution is 9.10. The summed E-state index contributed by atoms with van der Waals surface area (Å²) in [4.78, 5) is 11.4. The van der Waals surface area contributed by atoms with Crippen molar-refractivity contribution in [3.05, 3.63) is 103 Å². The Morgan fingerprint density at radius 2 is 2.00 bits per heavy atom. The number of nitrogens with one attached hydrogen (secondary N) is 1. The lowest BCUT2D eigenvalue weighted by molar-refractivity contribution is -0.384. The van der Waals surface area contributed by atoms with Crippen molar-refractivity contribution in [2.75, 3.05) is 12.4 Å². The van der Waals surface area contributed by atoms with Crippen molar-refractivity contribution in [1.82, 2.24) is 0 Å². The summed E-state index contributed by atoms with van der Waals surface area (Å²) in [5, 5.41) is 15.9. The summed E-state index contributed by atoms with van der Waals surface area (Å²) < 4.78 is 12.5. The molecule has 0 aromatic heterocycles. The van der Waals surface area contributed by atoms with Crippen molar-refractivity contribution in [3.8, 4) is 11.5 Å². The van der Waals surface area contributed by atoms with Crippen molar-refractivity contribution >= 4 is 38.9 Å². The first kappa shape index (κ1) is 22.7. The average molecular weight is 542 g/mol. The lowest BCUT2D eigenvalue weighted by Gasteiger charge is -2.37. The van der Waals surface area contributed by atoms with Gasteiger partial charge in [0, 0.05) is 17.0 Å². The number of benzene rings is 3. The van der Waals surface area contributed by atoms with E-state index in [2.05, 4.69) is 33.4 Å². The van der Waals surface area contributed by atoms with Crippen LogP contribution in [0.3, 0.4) is 0 Å². The maximum absolute atomic E-state index is 11.7. The number of hydrogen-bond donors (Lipinski definition) is 1. The zero-order valence-electron chi connectivity index (χ0n) is 18.3. The number of anilines is 1. The number of allylic oxidation sites excluding steroid dienone is 2.